The van der Waals surface area contributed by atoms with Crippen molar-refractivity contribution >= 4 is 17.3 Å². The molecule has 1 aromatic carbocycles. The molecule has 0 unspecified atom stereocenters. The zero-order valence-corrected chi connectivity index (χ0v) is 15.4. The van der Waals surface area contributed by atoms with Crippen LogP contribution in [0.25, 0.3) is 0 Å². The number of fused-ring (bicyclic) bond motifs is 2. The first-order chi connectivity index (χ1) is 11.5. The summed E-state index contributed by atoms with van der Waals surface area (Å²) in [6, 6.07) is 6.56. The molecule has 2 aliphatic rings. The summed E-state index contributed by atoms with van der Waals surface area (Å²) < 4.78 is 5.78. The van der Waals surface area contributed by atoms with Gasteiger partial charge in [0.15, 0.2) is 5.11 Å². The first-order valence-corrected chi connectivity index (χ1v) is 9.35. The number of nitrogens with one attached hydrogen (secondary N) is 2. The maximum Gasteiger partial charge on any atom is 0.166 e. The summed E-state index contributed by atoms with van der Waals surface area (Å²) >= 11 is 5.37. The highest BCUT2D eigenvalue weighted by Crippen LogP contribution is 2.44. The van der Waals surface area contributed by atoms with Gasteiger partial charge in [-0.05, 0) is 68.3 Å². The molecule has 5 heteroatoms. The van der Waals surface area contributed by atoms with Gasteiger partial charge in [0, 0.05) is 12.6 Å². The molecule has 0 aromatic heterocycles. The molecule has 4 nitrogen and oxygen atoms in total. The minimum absolute atomic E-state index is 0.259. The van der Waals surface area contributed by atoms with Crippen molar-refractivity contribution < 1.29 is 9.84 Å². The molecule has 0 aliphatic heterocycles. The first-order valence-electron chi connectivity index (χ1n) is 8.94. The molecule has 1 aromatic rings. The quantitative estimate of drug-likeness (QED) is 0.690. The van der Waals surface area contributed by atoms with Gasteiger partial charge in [-0.25, -0.2) is 0 Å². The van der Waals surface area contributed by atoms with Gasteiger partial charge in [0.1, 0.15) is 18.5 Å². The maximum absolute atomic E-state index is 10.1. The number of ether oxygens (including phenoxy) is 1. The summed E-state index contributed by atoms with van der Waals surface area (Å²) in [5.74, 6) is 2.54. The molecular formula is C19H28N2O2S. The van der Waals surface area contributed by atoms with Gasteiger partial charge in [-0.2, -0.15) is 0 Å². The Morgan fingerprint density at radius 2 is 2.04 bits per heavy atom. The van der Waals surface area contributed by atoms with E-state index in [-0.39, 0.29) is 6.61 Å². The second-order valence-corrected chi connectivity index (χ2v) is 7.73. The molecule has 0 spiro atoms. The van der Waals surface area contributed by atoms with Gasteiger partial charge >= 0.3 is 0 Å². The number of thiocarbonyl (C=S) groups is 1. The molecule has 4 atom stereocenters. The topological polar surface area (TPSA) is 53.5 Å². The first kappa shape index (κ1) is 17.5. The van der Waals surface area contributed by atoms with Crippen LogP contribution >= 0.6 is 12.2 Å². The van der Waals surface area contributed by atoms with Crippen molar-refractivity contribution in [3.8, 4) is 5.75 Å². The number of aryl methyl sites for hydroxylation is 2. The molecule has 3 N–H and O–H groups in total. The van der Waals surface area contributed by atoms with E-state index in [0.717, 1.165) is 28.7 Å². The lowest BCUT2D eigenvalue weighted by Gasteiger charge is -2.25. The van der Waals surface area contributed by atoms with Crippen LogP contribution in [0, 0.1) is 25.7 Å². The molecule has 2 aliphatic carbocycles. The van der Waals surface area contributed by atoms with Crippen molar-refractivity contribution in [2.45, 2.75) is 51.7 Å². The number of rotatable bonds is 6. The lowest BCUT2D eigenvalue weighted by atomic mass is 9.96. The van der Waals surface area contributed by atoms with Crippen molar-refractivity contribution in [1.29, 1.82) is 0 Å². The SMILES string of the molecule is Cc1cccc(C)c1OC[C@H](O)CNC(=S)N[C@H]1C[C@H]2CC[C@H]1C2. The average molecular weight is 349 g/mol. The van der Waals surface area contributed by atoms with Gasteiger partial charge in [-0.15, -0.1) is 0 Å². The summed E-state index contributed by atoms with van der Waals surface area (Å²) in [5, 5.41) is 17.3. The molecule has 2 fully saturated rings. The molecule has 0 saturated heterocycles. The van der Waals surface area contributed by atoms with Crippen molar-refractivity contribution in [3.05, 3.63) is 29.3 Å². The number of para-hydroxylation sites is 1. The highest BCUT2D eigenvalue weighted by molar-refractivity contribution is 7.80. The fraction of sp³-hybridized carbons (Fsp3) is 0.632. The van der Waals surface area contributed by atoms with E-state index < -0.39 is 6.10 Å². The molecule has 2 bridgehead atoms. The van der Waals surface area contributed by atoms with Crippen molar-refractivity contribution in [3.63, 3.8) is 0 Å². The van der Waals surface area contributed by atoms with Crippen LogP contribution in [0.1, 0.15) is 36.8 Å². The molecular weight excluding hydrogens is 320 g/mol. The maximum atomic E-state index is 10.1. The van der Waals surface area contributed by atoms with Gasteiger partial charge in [-0.3, -0.25) is 0 Å². The Balaban J connectivity index is 1.37. The zero-order valence-electron chi connectivity index (χ0n) is 14.5. The summed E-state index contributed by atoms with van der Waals surface area (Å²) in [6.45, 7) is 4.69. The molecule has 132 valence electrons. The lowest BCUT2D eigenvalue weighted by Crippen LogP contribution is -2.46. The van der Waals surface area contributed by atoms with Gasteiger partial charge in [0.25, 0.3) is 0 Å². The Bertz CT molecular complexity index is 572. The van der Waals surface area contributed by atoms with Crippen LogP contribution in [0.15, 0.2) is 18.2 Å². The van der Waals surface area contributed by atoms with E-state index in [1.807, 2.05) is 32.0 Å². The van der Waals surface area contributed by atoms with Crippen LogP contribution in [-0.4, -0.2) is 35.5 Å². The number of benzene rings is 1. The average Bonchev–Trinajstić information content (AvgIpc) is 3.15. The van der Waals surface area contributed by atoms with E-state index in [9.17, 15) is 5.11 Å². The fourth-order valence-electron chi connectivity index (χ4n) is 4.12. The highest BCUT2D eigenvalue weighted by atomic mass is 32.1. The van der Waals surface area contributed by atoms with Crippen LogP contribution in [0.4, 0.5) is 0 Å². The summed E-state index contributed by atoms with van der Waals surface area (Å²) in [5.41, 5.74) is 2.17. The van der Waals surface area contributed by atoms with Crippen LogP contribution < -0.4 is 15.4 Å². The predicted octanol–water partition coefficient (Wildman–Crippen LogP) is 2.70. The minimum Gasteiger partial charge on any atom is -0.490 e. The van der Waals surface area contributed by atoms with Crippen LogP contribution in [0.3, 0.4) is 0 Å². The third-order valence-corrected chi connectivity index (χ3v) is 5.64. The Morgan fingerprint density at radius 3 is 2.67 bits per heavy atom. The van der Waals surface area contributed by atoms with Crippen LogP contribution in [0.2, 0.25) is 0 Å². The van der Waals surface area contributed by atoms with Crippen LogP contribution in [0.5, 0.6) is 5.75 Å². The number of aliphatic hydroxyl groups is 1. The van der Waals surface area contributed by atoms with E-state index in [4.69, 9.17) is 17.0 Å². The third kappa shape index (κ3) is 4.19. The van der Waals surface area contributed by atoms with Crippen molar-refractivity contribution in [2.75, 3.05) is 13.2 Å². The minimum atomic E-state index is -0.594. The molecule has 3 rings (SSSR count). The largest absolute Gasteiger partial charge is 0.490 e. The van der Waals surface area contributed by atoms with E-state index >= 15 is 0 Å². The van der Waals surface area contributed by atoms with Gasteiger partial charge < -0.3 is 20.5 Å². The second kappa shape index (κ2) is 7.70. The number of hydrogen-bond donors (Lipinski definition) is 3. The third-order valence-electron chi connectivity index (χ3n) is 5.38. The van der Waals surface area contributed by atoms with Gasteiger partial charge in [0.2, 0.25) is 0 Å². The number of aliphatic hydroxyl groups excluding tert-OH is 1. The van der Waals surface area contributed by atoms with E-state index in [2.05, 4.69) is 10.6 Å². The molecule has 24 heavy (non-hydrogen) atoms. The molecule has 0 radical (unpaired) electrons. The predicted molar refractivity (Wildman–Crippen MR) is 100 cm³/mol. The van der Waals surface area contributed by atoms with E-state index in [1.165, 1.54) is 25.7 Å². The van der Waals surface area contributed by atoms with Crippen molar-refractivity contribution in [2.24, 2.45) is 11.8 Å². The van der Waals surface area contributed by atoms with Gasteiger partial charge in [0.05, 0.1) is 0 Å². The van der Waals surface area contributed by atoms with Crippen LogP contribution in [-0.2, 0) is 0 Å². The molecule has 0 amide bonds. The van der Waals surface area contributed by atoms with E-state index in [0.29, 0.717) is 17.7 Å². The molecule has 2 saturated carbocycles. The Hall–Kier alpha value is -1.33. The molecule has 0 heterocycles. The number of hydrogen-bond acceptors (Lipinski definition) is 3. The summed E-state index contributed by atoms with van der Waals surface area (Å²) in [4.78, 5) is 0. The fourth-order valence-corrected chi connectivity index (χ4v) is 4.35. The Labute approximate surface area is 150 Å². The summed E-state index contributed by atoms with van der Waals surface area (Å²) in [7, 11) is 0. The van der Waals surface area contributed by atoms with Crippen molar-refractivity contribution in [1.82, 2.24) is 10.6 Å². The van der Waals surface area contributed by atoms with Gasteiger partial charge in [-0.1, -0.05) is 24.6 Å². The van der Waals surface area contributed by atoms with E-state index in [1.54, 1.807) is 0 Å². The second-order valence-electron chi connectivity index (χ2n) is 7.32. The Kier molecular flexibility index (Phi) is 5.61. The standard InChI is InChI=1S/C19H28N2O2S/c1-12-4-3-5-13(2)18(12)23-11-16(22)10-20-19(24)21-17-9-14-6-7-15(17)8-14/h3-5,14-17,22H,6-11H2,1-2H3,(H2,20,21,24)/t14-,15-,16+,17-/m0/s1. The summed E-state index contributed by atoms with van der Waals surface area (Å²) in [6.07, 6.45) is 4.72. The monoisotopic (exact) mass is 348 g/mol. The smallest absolute Gasteiger partial charge is 0.166 e. The normalized spacial score (nSPS) is 26.2. The lowest BCUT2D eigenvalue weighted by molar-refractivity contribution is 0.109. The highest BCUT2D eigenvalue weighted by Gasteiger charge is 2.39. The Morgan fingerprint density at radius 1 is 1.29 bits per heavy atom. The zero-order chi connectivity index (χ0) is 17.1.